The highest BCUT2D eigenvalue weighted by Crippen LogP contribution is 2.44. The van der Waals surface area contributed by atoms with E-state index < -0.39 is 17.4 Å². The smallest absolute Gasteiger partial charge is 0.365 e. The van der Waals surface area contributed by atoms with Gasteiger partial charge in [0.15, 0.2) is 0 Å². The zero-order valence-corrected chi connectivity index (χ0v) is 16.4. The van der Waals surface area contributed by atoms with Gasteiger partial charge in [-0.25, -0.2) is 4.79 Å². The van der Waals surface area contributed by atoms with E-state index in [1.54, 1.807) is 12.1 Å². The quantitative estimate of drug-likeness (QED) is 0.697. The first-order valence-corrected chi connectivity index (χ1v) is 9.12. The van der Waals surface area contributed by atoms with Gasteiger partial charge in [0.2, 0.25) is 5.83 Å². The van der Waals surface area contributed by atoms with E-state index in [-0.39, 0.29) is 5.57 Å². The second-order valence-electron chi connectivity index (χ2n) is 7.15. The molecule has 1 aliphatic heterocycles. The molecule has 0 bridgehead atoms. The van der Waals surface area contributed by atoms with Crippen LogP contribution in [0.25, 0.3) is 11.1 Å². The molecule has 2 aromatic carbocycles. The zero-order chi connectivity index (χ0) is 20.5. The van der Waals surface area contributed by atoms with Gasteiger partial charge in [0.05, 0.1) is 6.61 Å². The van der Waals surface area contributed by atoms with Crippen molar-refractivity contribution < 1.29 is 23.8 Å². The Kier molecular flexibility index (Phi) is 5.27. The van der Waals surface area contributed by atoms with Gasteiger partial charge in [0.25, 0.3) is 0 Å². The van der Waals surface area contributed by atoms with Crippen LogP contribution < -0.4 is 9.47 Å². The summed E-state index contributed by atoms with van der Waals surface area (Å²) in [5.41, 5.74) is 2.57. The molecule has 0 radical (unpaired) electrons. The average Bonchev–Trinajstić information content (AvgIpc) is 2.66. The SMILES string of the molecule is CCOc1cc2c(cc1/C(C)=C(/F)C(=O)O)C(c1ccccc1)=CC(C)(C)O2. The van der Waals surface area contributed by atoms with E-state index in [0.29, 0.717) is 23.7 Å². The van der Waals surface area contributed by atoms with Gasteiger partial charge < -0.3 is 14.6 Å². The fourth-order valence-electron chi connectivity index (χ4n) is 3.30. The van der Waals surface area contributed by atoms with Crippen molar-refractivity contribution in [1.29, 1.82) is 0 Å². The van der Waals surface area contributed by atoms with E-state index in [1.165, 1.54) is 6.92 Å². The van der Waals surface area contributed by atoms with Crippen molar-refractivity contribution in [1.82, 2.24) is 0 Å². The molecular weight excluding hydrogens is 359 g/mol. The second kappa shape index (κ2) is 7.50. The molecular formula is C23H23FO4. The Hall–Kier alpha value is -3.08. The monoisotopic (exact) mass is 382 g/mol. The van der Waals surface area contributed by atoms with Crippen LogP contribution in [0.15, 0.2) is 54.4 Å². The molecule has 1 aliphatic rings. The first-order valence-electron chi connectivity index (χ1n) is 9.12. The van der Waals surface area contributed by atoms with Gasteiger partial charge >= 0.3 is 5.97 Å². The Labute approximate surface area is 163 Å². The Bertz CT molecular complexity index is 972. The van der Waals surface area contributed by atoms with E-state index in [9.17, 15) is 9.18 Å². The van der Waals surface area contributed by atoms with Crippen molar-refractivity contribution in [2.24, 2.45) is 0 Å². The molecule has 0 amide bonds. The van der Waals surface area contributed by atoms with Gasteiger partial charge in [0.1, 0.15) is 17.1 Å². The Morgan fingerprint density at radius 3 is 2.50 bits per heavy atom. The molecule has 4 nitrogen and oxygen atoms in total. The summed E-state index contributed by atoms with van der Waals surface area (Å²) in [4.78, 5) is 11.1. The number of rotatable bonds is 5. The van der Waals surface area contributed by atoms with Crippen molar-refractivity contribution in [3.05, 3.63) is 71.1 Å². The first kappa shape index (κ1) is 19.7. The minimum absolute atomic E-state index is 0.0102. The number of ether oxygens (including phenoxy) is 2. The van der Waals surface area contributed by atoms with Crippen molar-refractivity contribution in [2.75, 3.05) is 6.61 Å². The minimum atomic E-state index is -1.60. The highest BCUT2D eigenvalue weighted by Gasteiger charge is 2.29. The van der Waals surface area contributed by atoms with Gasteiger partial charge in [-0.05, 0) is 51.0 Å². The summed E-state index contributed by atoms with van der Waals surface area (Å²) in [6, 6.07) is 13.3. The third-order valence-electron chi connectivity index (χ3n) is 4.54. The number of aliphatic carboxylic acids is 1. The third kappa shape index (κ3) is 3.79. The molecule has 0 aliphatic carbocycles. The van der Waals surface area contributed by atoms with E-state index >= 15 is 0 Å². The fraction of sp³-hybridized carbons (Fsp3) is 0.261. The van der Waals surface area contributed by atoms with E-state index in [4.69, 9.17) is 14.6 Å². The standard InChI is InChI=1S/C23H23FO4/c1-5-27-19-12-20-17(11-16(19)14(2)21(24)22(25)26)18(13-23(3,4)28-20)15-9-7-6-8-10-15/h6-13H,5H2,1-4H3,(H,25,26)/b21-14+. The van der Waals surface area contributed by atoms with Gasteiger partial charge in [0, 0.05) is 22.8 Å². The maximum atomic E-state index is 14.2. The van der Waals surface area contributed by atoms with Crippen LogP contribution in [0.2, 0.25) is 0 Å². The number of allylic oxidation sites excluding steroid dienone is 1. The van der Waals surface area contributed by atoms with E-state index in [0.717, 1.165) is 16.7 Å². The number of hydrogen-bond acceptors (Lipinski definition) is 3. The van der Waals surface area contributed by atoms with Crippen LogP contribution in [0.3, 0.4) is 0 Å². The average molecular weight is 382 g/mol. The van der Waals surface area contributed by atoms with Crippen molar-refractivity contribution >= 4 is 17.1 Å². The molecule has 0 aromatic heterocycles. The molecule has 0 spiro atoms. The normalized spacial score (nSPS) is 15.7. The Balaban J connectivity index is 2.27. The maximum absolute atomic E-state index is 14.2. The molecule has 0 saturated heterocycles. The molecule has 0 saturated carbocycles. The lowest BCUT2D eigenvalue weighted by atomic mass is 9.88. The van der Waals surface area contributed by atoms with Crippen LogP contribution in [0.5, 0.6) is 11.5 Å². The number of benzene rings is 2. The van der Waals surface area contributed by atoms with Crippen LogP contribution in [-0.2, 0) is 4.79 Å². The minimum Gasteiger partial charge on any atom is -0.493 e. The third-order valence-corrected chi connectivity index (χ3v) is 4.54. The summed E-state index contributed by atoms with van der Waals surface area (Å²) in [5, 5.41) is 9.06. The molecule has 1 heterocycles. The van der Waals surface area contributed by atoms with Gasteiger partial charge in [-0.15, -0.1) is 0 Å². The van der Waals surface area contributed by atoms with E-state index in [1.807, 2.05) is 57.2 Å². The fourth-order valence-corrected chi connectivity index (χ4v) is 3.30. The van der Waals surface area contributed by atoms with Crippen molar-refractivity contribution in [2.45, 2.75) is 33.3 Å². The summed E-state index contributed by atoms with van der Waals surface area (Å²) in [7, 11) is 0. The molecule has 146 valence electrons. The summed E-state index contributed by atoms with van der Waals surface area (Å²) in [5.74, 6) is -1.81. The van der Waals surface area contributed by atoms with Crippen LogP contribution in [-0.4, -0.2) is 23.3 Å². The van der Waals surface area contributed by atoms with Crippen LogP contribution in [0, 0.1) is 0 Å². The van der Waals surface area contributed by atoms with Crippen LogP contribution in [0.4, 0.5) is 4.39 Å². The lowest BCUT2D eigenvalue weighted by Crippen LogP contribution is -2.29. The predicted molar refractivity (Wildman–Crippen MR) is 107 cm³/mol. The molecule has 0 unspecified atom stereocenters. The topological polar surface area (TPSA) is 55.8 Å². The molecule has 3 rings (SSSR count). The molecule has 28 heavy (non-hydrogen) atoms. The lowest BCUT2D eigenvalue weighted by molar-refractivity contribution is -0.134. The van der Waals surface area contributed by atoms with Gasteiger partial charge in [-0.2, -0.15) is 4.39 Å². The Morgan fingerprint density at radius 1 is 1.21 bits per heavy atom. The zero-order valence-electron chi connectivity index (χ0n) is 16.4. The second-order valence-corrected chi connectivity index (χ2v) is 7.15. The van der Waals surface area contributed by atoms with Gasteiger partial charge in [-0.1, -0.05) is 30.3 Å². The molecule has 0 fully saturated rings. The Morgan fingerprint density at radius 2 is 1.89 bits per heavy atom. The number of hydrogen-bond donors (Lipinski definition) is 1. The lowest BCUT2D eigenvalue weighted by Gasteiger charge is -2.32. The summed E-state index contributed by atoms with van der Waals surface area (Å²) >= 11 is 0. The summed E-state index contributed by atoms with van der Waals surface area (Å²) in [6.07, 6.45) is 2.02. The highest BCUT2D eigenvalue weighted by molar-refractivity contribution is 5.95. The number of fused-ring (bicyclic) bond motifs is 1. The van der Waals surface area contributed by atoms with E-state index in [2.05, 4.69) is 0 Å². The highest BCUT2D eigenvalue weighted by atomic mass is 19.1. The summed E-state index contributed by atoms with van der Waals surface area (Å²) < 4.78 is 26.0. The van der Waals surface area contributed by atoms with Crippen LogP contribution >= 0.6 is 0 Å². The van der Waals surface area contributed by atoms with Crippen LogP contribution in [0.1, 0.15) is 44.4 Å². The number of carboxylic acid groups (broad SMARTS) is 1. The first-order chi connectivity index (χ1) is 13.2. The molecule has 0 atom stereocenters. The van der Waals surface area contributed by atoms with Crippen molar-refractivity contribution in [3.63, 3.8) is 0 Å². The molecule has 1 N–H and O–H groups in total. The maximum Gasteiger partial charge on any atom is 0.365 e. The van der Waals surface area contributed by atoms with Crippen molar-refractivity contribution in [3.8, 4) is 11.5 Å². The van der Waals surface area contributed by atoms with Gasteiger partial charge in [-0.3, -0.25) is 0 Å². The largest absolute Gasteiger partial charge is 0.493 e. The number of halogens is 1. The number of carboxylic acids is 1. The number of carbonyl (C=O) groups is 1. The summed E-state index contributed by atoms with van der Waals surface area (Å²) in [6.45, 7) is 7.53. The molecule has 2 aromatic rings. The molecule has 5 heteroatoms. The predicted octanol–water partition coefficient (Wildman–Crippen LogP) is 5.47.